The Labute approximate surface area is 93.1 Å². The summed E-state index contributed by atoms with van der Waals surface area (Å²) in [5, 5.41) is 0. The molecule has 1 heterocycles. The van der Waals surface area contributed by atoms with E-state index >= 15 is 0 Å². The van der Waals surface area contributed by atoms with E-state index < -0.39 is 11.9 Å². The smallest absolute Gasteiger partial charge is 0.254 e. The molecular weight excluding hydrogens is 210 g/mol. The lowest BCUT2D eigenvalue weighted by atomic mass is 10.2. The van der Waals surface area contributed by atoms with Crippen molar-refractivity contribution >= 4 is 11.8 Å². The largest absolute Gasteiger partial charge is 0.469 e. The molecule has 1 unspecified atom stereocenters. The fourth-order valence-corrected chi connectivity index (χ4v) is 0.999. The normalized spacial score (nSPS) is 11.9. The minimum Gasteiger partial charge on any atom is -0.469 e. The van der Waals surface area contributed by atoms with Crippen LogP contribution >= 0.6 is 0 Å². The summed E-state index contributed by atoms with van der Waals surface area (Å²) in [6.45, 7) is 1.53. The van der Waals surface area contributed by atoms with Gasteiger partial charge in [-0.05, 0) is 19.1 Å². The highest BCUT2D eigenvalue weighted by atomic mass is 16.3. The molecule has 0 fully saturated rings. The van der Waals surface area contributed by atoms with Crippen LogP contribution in [0.15, 0.2) is 22.8 Å². The maximum atomic E-state index is 11.3. The quantitative estimate of drug-likeness (QED) is 0.613. The van der Waals surface area contributed by atoms with Crippen molar-refractivity contribution in [3.05, 3.63) is 24.2 Å². The van der Waals surface area contributed by atoms with Crippen molar-refractivity contribution in [3.63, 3.8) is 0 Å². The van der Waals surface area contributed by atoms with Gasteiger partial charge in [0.15, 0.2) is 0 Å². The van der Waals surface area contributed by atoms with E-state index in [-0.39, 0.29) is 12.3 Å². The third-order valence-corrected chi connectivity index (χ3v) is 1.92. The molecule has 1 aromatic rings. The van der Waals surface area contributed by atoms with Gasteiger partial charge in [-0.25, -0.2) is 0 Å². The van der Waals surface area contributed by atoms with Crippen LogP contribution in [0.25, 0.3) is 0 Å². The van der Waals surface area contributed by atoms with E-state index in [2.05, 4.69) is 10.9 Å². The maximum absolute atomic E-state index is 11.3. The van der Waals surface area contributed by atoms with Crippen LogP contribution in [0.2, 0.25) is 0 Å². The molecule has 4 N–H and O–H groups in total. The summed E-state index contributed by atoms with van der Waals surface area (Å²) in [6, 6.07) is 2.89. The number of aryl methyl sites for hydroxylation is 1. The van der Waals surface area contributed by atoms with Crippen LogP contribution in [-0.4, -0.2) is 17.9 Å². The number of amides is 2. The van der Waals surface area contributed by atoms with Gasteiger partial charge >= 0.3 is 0 Å². The van der Waals surface area contributed by atoms with Crippen molar-refractivity contribution < 1.29 is 14.0 Å². The number of nitrogens with one attached hydrogen (secondary N) is 2. The van der Waals surface area contributed by atoms with Crippen molar-refractivity contribution in [2.45, 2.75) is 25.8 Å². The molecule has 0 spiro atoms. The van der Waals surface area contributed by atoms with Gasteiger partial charge in [-0.1, -0.05) is 0 Å². The van der Waals surface area contributed by atoms with E-state index in [1.54, 1.807) is 18.4 Å². The number of carbonyl (C=O) groups is 2. The SMILES string of the molecule is CC(N)C(=O)NNC(=O)CCc1ccco1. The Balaban J connectivity index is 2.19. The minimum atomic E-state index is -0.648. The Morgan fingerprint density at radius 3 is 2.81 bits per heavy atom. The molecule has 88 valence electrons. The molecule has 2 amide bonds. The molecule has 0 bridgehead atoms. The molecule has 0 aliphatic carbocycles. The lowest BCUT2D eigenvalue weighted by molar-refractivity contribution is -0.129. The first kappa shape index (κ1) is 12.3. The Morgan fingerprint density at radius 1 is 1.50 bits per heavy atom. The van der Waals surface area contributed by atoms with Gasteiger partial charge in [0, 0.05) is 12.8 Å². The highest BCUT2D eigenvalue weighted by Crippen LogP contribution is 2.02. The van der Waals surface area contributed by atoms with E-state index in [1.807, 2.05) is 0 Å². The maximum Gasteiger partial charge on any atom is 0.254 e. The van der Waals surface area contributed by atoms with Gasteiger partial charge in [0.2, 0.25) is 5.91 Å². The van der Waals surface area contributed by atoms with Crippen molar-refractivity contribution in [1.29, 1.82) is 0 Å². The molecule has 0 saturated carbocycles. The van der Waals surface area contributed by atoms with Crippen LogP contribution in [0.1, 0.15) is 19.1 Å². The number of carbonyl (C=O) groups excluding carboxylic acids is 2. The second-order valence-electron chi connectivity index (χ2n) is 3.41. The van der Waals surface area contributed by atoms with Gasteiger partial charge in [0.05, 0.1) is 12.3 Å². The van der Waals surface area contributed by atoms with Crippen molar-refractivity contribution in [3.8, 4) is 0 Å². The molecular formula is C10H15N3O3. The van der Waals surface area contributed by atoms with E-state index in [1.165, 1.54) is 6.92 Å². The molecule has 0 radical (unpaired) electrons. The predicted octanol–water partition coefficient (Wildman–Crippen LogP) is -0.293. The topological polar surface area (TPSA) is 97.4 Å². The van der Waals surface area contributed by atoms with Crippen molar-refractivity contribution in [2.75, 3.05) is 0 Å². The fraction of sp³-hybridized carbons (Fsp3) is 0.400. The Hall–Kier alpha value is -1.82. The molecule has 6 nitrogen and oxygen atoms in total. The number of furan rings is 1. The summed E-state index contributed by atoms with van der Waals surface area (Å²) in [6.07, 6.45) is 2.28. The van der Waals surface area contributed by atoms with Crippen LogP contribution in [0.3, 0.4) is 0 Å². The third-order valence-electron chi connectivity index (χ3n) is 1.92. The van der Waals surface area contributed by atoms with Crippen LogP contribution in [0.4, 0.5) is 0 Å². The van der Waals surface area contributed by atoms with Gasteiger partial charge < -0.3 is 10.2 Å². The van der Waals surface area contributed by atoms with Crippen molar-refractivity contribution in [1.82, 2.24) is 10.9 Å². The van der Waals surface area contributed by atoms with E-state index in [0.29, 0.717) is 6.42 Å². The Bertz CT molecular complexity index is 346. The van der Waals surface area contributed by atoms with Crippen LogP contribution < -0.4 is 16.6 Å². The van der Waals surface area contributed by atoms with E-state index in [0.717, 1.165) is 5.76 Å². The second kappa shape index (κ2) is 5.92. The predicted molar refractivity (Wildman–Crippen MR) is 57.0 cm³/mol. The average Bonchev–Trinajstić information content (AvgIpc) is 2.75. The van der Waals surface area contributed by atoms with Gasteiger partial charge in [-0.3, -0.25) is 20.4 Å². The standard InChI is InChI=1S/C10H15N3O3/c1-7(11)10(15)13-12-9(14)5-4-8-3-2-6-16-8/h2-3,6-7H,4-5,11H2,1H3,(H,12,14)(H,13,15). The van der Waals surface area contributed by atoms with Crippen LogP contribution in [0, 0.1) is 0 Å². The first-order valence-electron chi connectivity index (χ1n) is 4.96. The first-order chi connectivity index (χ1) is 7.59. The Kier molecular flexibility index (Phi) is 4.53. The Morgan fingerprint density at radius 2 is 2.25 bits per heavy atom. The first-order valence-corrected chi connectivity index (χ1v) is 4.96. The number of hydrogen-bond donors (Lipinski definition) is 3. The zero-order valence-electron chi connectivity index (χ0n) is 9.03. The number of rotatable bonds is 4. The fourth-order valence-electron chi connectivity index (χ4n) is 0.999. The number of nitrogens with two attached hydrogens (primary N) is 1. The zero-order chi connectivity index (χ0) is 12.0. The molecule has 16 heavy (non-hydrogen) atoms. The van der Waals surface area contributed by atoms with Gasteiger partial charge in [0.1, 0.15) is 5.76 Å². The van der Waals surface area contributed by atoms with Gasteiger partial charge in [-0.15, -0.1) is 0 Å². The molecule has 0 aliphatic heterocycles. The number of hydrogen-bond acceptors (Lipinski definition) is 4. The molecule has 6 heteroatoms. The molecule has 0 aromatic carbocycles. The summed E-state index contributed by atoms with van der Waals surface area (Å²) >= 11 is 0. The minimum absolute atomic E-state index is 0.243. The highest BCUT2D eigenvalue weighted by Gasteiger charge is 2.08. The van der Waals surface area contributed by atoms with Gasteiger partial charge in [-0.2, -0.15) is 0 Å². The lowest BCUT2D eigenvalue weighted by Gasteiger charge is -2.08. The average molecular weight is 225 g/mol. The molecule has 0 aliphatic rings. The third kappa shape index (κ3) is 4.14. The summed E-state index contributed by atoms with van der Waals surface area (Å²) in [7, 11) is 0. The summed E-state index contributed by atoms with van der Waals surface area (Å²) in [4.78, 5) is 22.3. The lowest BCUT2D eigenvalue weighted by Crippen LogP contribution is -2.48. The second-order valence-corrected chi connectivity index (χ2v) is 3.41. The monoisotopic (exact) mass is 225 g/mol. The van der Waals surface area contributed by atoms with Crippen LogP contribution in [-0.2, 0) is 16.0 Å². The number of hydrazine groups is 1. The van der Waals surface area contributed by atoms with E-state index in [4.69, 9.17) is 10.2 Å². The summed E-state index contributed by atoms with van der Waals surface area (Å²) < 4.78 is 5.06. The van der Waals surface area contributed by atoms with Gasteiger partial charge in [0.25, 0.3) is 5.91 Å². The van der Waals surface area contributed by atoms with Crippen molar-refractivity contribution in [2.24, 2.45) is 5.73 Å². The zero-order valence-corrected chi connectivity index (χ0v) is 9.03. The summed E-state index contributed by atoms with van der Waals surface area (Å²) in [5.41, 5.74) is 9.78. The molecule has 0 saturated heterocycles. The highest BCUT2D eigenvalue weighted by molar-refractivity contribution is 5.84. The summed E-state index contributed by atoms with van der Waals surface area (Å²) in [5.74, 6) is 0.0189. The van der Waals surface area contributed by atoms with E-state index in [9.17, 15) is 9.59 Å². The molecule has 1 aromatic heterocycles. The molecule has 1 rings (SSSR count). The molecule has 1 atom stereocenters. The van der Waals surface area contributed by atoms with Crippen LogP contribution in [0.5, 0.6) is 0 Å².